The Balaban J connectivity index is 2.92. The Kier molecular flexibility index (Phi) is 9.66. The topological polar surface area (TPSA) is 95.6 Å². The van der Waals surface area contributed by atoms with Crippen LogP contribution in [-0.2, 0) is 23.7 Å². The third-order valence-corrected chi connectivity index (χ3v) is 6.46. The average molecular weight is 491 g/mol. The molecule has 35 heavy (non-hydrogen) atoms. The molecule has 0 aliphatic carbocycles. The normalized spacial score (nSPS) is 28.7. The molecule has 9 heteroatoms. The number of rotatable bonds is 9. The van der Waals surface area contributed by atoms with Crippen molar-refractivity contribution in [2.75, 3.05) is 35.5 Å². The van der Waals surface area contributed by atoms with Crippen molar-refractivity contribution in [1.82, 2.24) is 0 Å². The van der Waals surface area contributed by atoms with E-state index in [1.165, 1.54) is 0 Å². The first-order valence-electron chi connectivity index (χ1n) is 11.9. The van der Waals surface area contributed by atoms with Gasteiger partial charge in [0, 0.05) is 20.0 Å². The number of hydrogen-bond donors (Lipinski definition) is 0. The SMILES string of the molecule is C=CC[C@@]1(C(OC)[C@]2(CC=C)N=C(OC)[C@@H](C(C)C)N=C2OC)N=C(OC)[C@@H](C(C)C)N=C1OC. The smallest absolute Gasteiger partial charge is 0.215 e. The highest BCUT2D eigenvalue weighted by atomic mass is 16.5. The molecule has 2 aliphatic rings. The van der Waals surface area contributed by atoms with Crippen LogP contribution in [0.3, 0.4) is 0 Å². The number of hydrogen-bond acceptors (Lipinski definition) is 9. The zero-order valence-electron chi connectivity index (χ0n) is 22.7. The third-order valence-electron chi connectivity index (χ3n) is 6.46. The van der Waals surface area contributed by atoms with Crippen molar-refractivity contribution >= 4 is 23.6 Å². The van der Waals surface area contributed by atoms with Crippen LogP contribution in [0.15, 0.2) is 45.3 Å². The number of aliphatic imine (C=N–C) groups is 4. The van der Waals surface area contributed by atoms with Gasteiger partial charge in [-0.25, -0.2) is 20.0 Å². The minimum absolute atomic E-state index is 0.138. The van der Waals surface area contributed by atoms with Crippen molar-refractivity contribution in [3.63, 3.8) is 0 Å². The van der Waals surface area contributed by atoms with Gasteiger partial charge in [-0.1, -0.05) is 39.8 Å². The second kappa shape index (κ2) is 11.8. The highest BCUT2D eigenvalue weighted by Crippen LogP contribution is 2.43. The Hall–Kier alpha value is -2.68. The standard InChI is InChI=1S/C26H42N4O5/c1-12-14-25(23(34-10)27-18(16(3)4)20(29-25)31-7)22(33-9)26(15-13-2)24(35-11)28-19(17(5)6)21(30-26)32-8/h12-13,16-19,22H,1-2,14-15H2,3-11H3/t18-,19-,25+,26+/m1/s1. The van der Waals surface area contributed by atoms with Crippen molar-refractivity contribution in [2.24, 2.45) is 31.8 Å². The van der Waals surface area contributed by atoms with E-state index in [0.717, 1.165) is 0 Å². The third kappa shape index (κ3) is 5.01. The zero-order valence-corrected chi connectivity index (χ0v) is 22.7. The van der Waals surface area contributed by atoms with Crippen LogP contribution in [0.5, 0.6) is 0 Å². The van der Waals surface area contributed by atoms with Gasteiger partial charge in [0.15, 0.2) is 11.1 Å². The average Bonchev–Trinajstić information content (AvgIpc) is 2.83. The van der Waals surface area contributed by atoms with Gasteiger partial charge in [-0.15, -0.1) is 13.2 Å². The first kappa shape index (κ1) is 28.6. The molecule has 0 radical (unpaired) electrons. The van der Waals surface area contributed by atoms with Crippen molar-refractivity contribution < 1.29 is 23.7 Å². The molecule has 0 aromatic rings. The summed E-state index contributed by atoms with van der Waals surface area (Å²) in [6, 6.07) is -0.600. The molecule has 2 rings (SSSR count). The Labute approximate surface area is 210 Å². The second-order valence-electron chi connectivity index (χ2n) is 9.41. The van der Waals surface area contributed by atoms with Crippen LogP contribution >= 0.6 is 0 Å². The first-order chi connectivity index (χ1) is 16.7. The van der Waals surface area contributed by atoms with Crippen molar-refractivity contribution in [1.29, 1.82) is 0 Å². The fraction of sp³-hybridized carbons (Fsp3) is 0.692. The second-order valence-corrected chi connectivity index (χ2v) is 9.41. The van der Waals surface area contributed by atoms with Crippen molar-refractivity contribution in [3.8, 4) is 0 Å². The first-order valence-corrected chi connectivity index (χ1v) is 11.9. The predicted molar refractivity (Wildman–Crippen MR) is 141 cm³/mol. The van der Waals surface area contributed by atoms with Gasteiger partial charge in [0.25, 0.3) is 0 Å². The lowest BCUT2D eigenvalue weighted by Gasteiger charge is -2.48. The summed E-state index contributed by atoms with van der Waals surface area (Å²) >= 11 is 0. The number of methoxy groups -OCH3 is 5. The van der Waals surface area contributed by atoms with E-state index < -0.39 is 17.2 Å². The molecular formula is C26H42N4O5. The van der Waals surface area contributed by atoms with Gasteiger partial charge in [0.2, 0.25) is 23.6 Å². The predicted octanol–water partition coefficient (Wildman–Crippen LogP) is 3.89. The molecule has 0 saturated carbocycles. The summed E-state index contributed by atoms with van der Waals surface area (Å²) < 4.78 is 29.5. The van der Waals surface area contributed by atoms with Gasteiger partial charge >= 0.3 is 0 Å². The largest absolute Gasteiger partial charge is 0.483 e. The summed E-state index contributed by atoms with van der Waals surface area (Å²) in [5.74, 6) is 2.06. The Bertz CT molecular complexity index is 824. The molecule has 0 spiro atoms. The van der Waals surface area contributed by atoms with E-state index in [1.807, 2.05) is 0 Å². The van der Waals surface area contributed by atoms with E-state index in [1.54, 1.807) is 47.7 Å². The van der Waals surface area contributed by atoms with Crippen molar-refractivity contribution in [3.05, 3.63) is 25.3 Å². The molecule has 4 atom stereocenters. The fourth-order valence-corrected chi connectivity index (χ4v) is 4.91. The number of ether oxygens (including phenoxy) is 5. The lowest BCUT2D eigenvalue weighted by molar-refractivity contribution is 0.00859. The number of nitrogens with zero attached hydrogens (tertiary/aromatic N) is 4. The molecule has 0 aromatic heterocycles. The molecular weight excluding hydrogens is 448 g/mol. The van der Waals surface area contributed by atoms with Gasteiger partial charge in [0.05, 0.1) is 28.4 Å². The summed E-state index contributed by atoms with van der Waals surface area (Å²) in [4.78, 5) is 20.1. The molecule has 0 unspecified atom stereocenters. The van der Waals surface area contributed by atoms with Gasteiger partial charge in [0.1, 0.15) is 18.2 Å². The molecule has 0 bridgehead atoms. The van der Waals surface area contributed by atoms with Crippen LogP contribution in [0.4, 0.5) is 0 Å². The van der Waals surface area contributed by atoms with Crippen LogP contribution in [0.1, 0.15) is 40.5 Å². The maximum Gasteiger partial charge on any atom is 0.215 e. The van der Waals surface area contributed by atoms with Crippen LogP contribution in [0.25, 0.3) is 0 Å². The Morgan fingerprint density at radius 3 is 1.31 bits per heavy atom. The van der Waals surface area contributed by atoms with E-state index in [-0.39, 0.29) is 23.9 Å². The minimum atomic E-state index is -1.16. The summed E-state index contributed by atoms with van der Waals surface area (Å²) in [7, 11) is 7.96. The molecule has 0 N–H and O–H groups in total. The molecule has 9 nitrogen and oxygen atoms in total. The van der Waals surface area contributed by atoms with Crippen LogP contribution in [0, 0.1) is 11.8 Å². The molecule has 0 saturated heterocycles. The maximum absolute atomic E-state index is 6.24. The molecule has 2 heterocycles. The van der Waals surface area contributed by atoms with Crippen LogP contribution in [-0.4, -0.2) is 88.4 Å². The lowest BCUT2D eigenvalue weighted by atomic mass is 9.73. The minimum Gasteiger partial charge on any atom is -0.483 e. The lowest BCUT2D eigenvalue weighted by Crippen LogP contribution is -2.66. The van der Waals surface area contributed by atoms with E-state index in [9.17, 15) is 0 Å². The summed E-state index contributed by atoms with van der Waals surface area (Å²) in [5.41, 5.74) is -2.31. The summed E-state index contributed by atoms with van der Waals surface area (Å²) in [6.45, 7) is 16.2. The highest BCUT2D eigenvalue weighted by molar-refractivity contribution is 6.01. The maximum atomic E-state index is 6.24. The van der Waals surface area contributed by atoms with Crippen LogP contribution in [0.2, 0.25) is 0 Å². The monoisotopic (exact) mass is 490 g/mol. The van der Waals surface area contributed by atoms with E-state index in [0.29, 0.717) is 36.4 Å². The molecule has 0 aromatic carbocycles. The zero-order chi connectivity index (χ0) is 26.4. The summed E-state index contributed by atoms with van der Waals surface area (Å²) in [6.07, 6.45) is 3.44. The molecule has 2 aliphatic heterocycles. The van der Waals surface area contributed by atoms with Gasteiger partial charge in [-0.05, 0) is 11.8 Å². The van der Waals surface area contributed by atoms with Gasteiger partial charge in [-0.2, -0.15) is 0 Å². The van der Waals surface area contributed by atoms with E-state index in [2.05, 4.69) is 40.9 Å². The van der Waals surface area contributed by atoms with E-state index in [4.69, 9.17) is 43.7 Å². The molecule has 0 fully saturated rings. The quantitative estimate of drug-likeness (QED) is 0.457. The summed E-state index contributed by atoms with van der Waals surface area (Å²) in [5, 5.41) is 0. The van der Waals surface area contributed by atoms with Gasteiger partial charge < -0.3 is 23.7 Å². The molecule has 196 valence electrons. The van der Waals surface area contributed by atoms with Gasteiger partial charge in [-0.3, -0.25) is 0 Å². The Morgan fingerprint density at radius 2 is 1.09 bits per heavy atom. The van der Waals surface area contributed by atoms with Crippen LogP contribution < -0.4 is 0 Å². The van der Waals surface area contributed by atoms with Crippen molar-refractivity contribution in [2.45, 2.75) is 69.8 Å². The Morgan fingerprint density at radius 1 is 0.714 bits per heavy atom. The highest BCUT2D eigenvalue weighted by Gasteiger charge is 2.61. The molecule has 0 amide bonds. The fourth-order valence-electron chi connectivity index (χ4n) is 4.91. The van der Waals surface area contributed by atoms with E-state index >= 15 is 0 Å².